The summed E-state index contributed by atoms with van der Waals surface area (Å²) in [5.74, 6) is 1.02. The fraction of sp³-hybridized carbons (Fsp3) is 0.474. The molecule has 0 radical (unpaired) electrons. The summed E-state index contributed by atoms with van der Waals surface area (Å²) >= 11 is 6.15. The molecule has 2 saturated heterocycles. The molecule has 0 bridgehead atoms. The van der Waals surface area contributed by atoms with E-state index in [0.717, 1.165) is 12.3 Å². The highest BCUT2D eigenvalue weighted by Crippen LogP contribution is 2.28. The normalized spacial score (nSPS) is 23.2. The third kappa shape index (κ3) is 3.94. The number of amides is 1. The minimum Gasteiger partial charge on any atom is -0.390 e. The number of carbonyl (C=O) groups is 1. The Kier molecular flexibility index (Phi) is 4.95. The molecule has 0 spiro atoms. The van der Waals surface area contributed by atoms with Gasteiger partial charge in [0.15, 0.2) is 5.82 Å². The van der Waals surface area contributed by atoms with Crippen LogP contribution in [0.2, 0.25) is 5.02 Å². The maximum absolute atomic E-state index is 13.0. The molecule has 2 aliphatic heterocycles. The number of aromatic nitrogens is 2. The first-order chi connectivity index (χ1) is 13.3. The Labute approximate surface area is 168 Å². The van der Waals surface area contributed by atoms with Crippen molar-refractivity contribution in [3.63, 3.8) is 0 Å². The van der Waals surface area contributed by atoms with Crippen molar-refractivity contribution in [3.8, 4) is 0 Å². The van der Waals surface area contributed by atoms with Crippen molar-refractivity contribution in [2.24, 2.45) is 4.99 Å². The van der Waals surface area contributed by atoms with E-state index in [1.54, 1.807) is 30.0 Å². The minimum absolute atomic E-state index is 0.106. The molecule has 4 rings (SSSR count). The predicted molar refractivity (Wildman–Crippen MR) is 108 cm³/mol. The van der Waals surface area contributed by atoms with Crippen LogP contribution in [0.15, 0.2) is 23.2 Å². The summed E-state index contributed by atoms with van der Waals surface area (Å²) < 4.78 is 0. The van der Waals surface area contributed by atoms with Gasteiger partial charge in [-0.3, -0.25) is 4.79 Å². The molecule has 2 aromatic rings. The molecule has 1 amide bonds. The van der Waals surface area contributed by atoms with Crippen LogP contribution in [0, 0.1) is 0 Å². The number of hydrazine groups is 1. The van der Waals surface area contributed by atoms with E-state index in [0.29, 0.717) is 47.7 Å². The number of likely N-dealkylation sites (tertiary alicyclic amines) is 1. The summed E-state index contributed by atoms with van der Waals surface area (Å²) in [6.45, 7) is 4.79. The van der Waals surface area contributed by atoms with E-state index >= 15 is 0 Å². The maximum atomic E-state index is 13.0. The third-order valence-electron chi connectivity index (χ3n) is 5.16. The van der Waals surface area contributed by atoms with Crippen LogP contribution in [-0.2, 0) is 0 Å². The molecule has 1 atom stereocenters. The summed E-state index contributed by atoms with van der Waals surface area (Å²) in [4.78, 5) is 28.2. The molecule has 28 heavy (non-hydrogen) atoms. The second-order valence-corrected chi connectivity index (χ2v) is 8.19. The van der Waals surface area contributed by atoms with Gasteiger partial charge in [0.1, 0.15) is 5.84 Å². The number of amidine groups is 1. The molecular weight excluding hydrogens is 380 g/mol. The zero-order chi connectivity index (χ0) is 19.9. The van der Waals surface area contributed by atoms with Crippen LogP contribution in [0.3, 0.4) is 0 Å². The molecular formula is C19H23ClN6O2. The van der Waals surface area contributed by atoms with E-state index in [1.165, 1.54) is 0 Å². The SMILES string of the molecule is CC1CC(=Nc2nc(C(=O)N3CCC(C)(O)CC3)nc3ccc(Cl)cc23)NN1. The van der Waals surface area contributed by atoms with Gasteiger partial charge in [-0.05, 0) is 44.9 Å². The number of piperidine rings is 1. The quantitative estimate of drug-likeness (QED) is 0.711. The van der Waals surface area contributed by atoms with Gasteiger partial charge in [-0.2, -0.15) is 0 Å². The topological polar surface area (TPSA) is 103 Å². The van der Waals surface area contributed by atoms with Crippen molar-refractivity contribution in [1.29, 1.82) is 0 Å². The van der Waals surface area contributed by atoms with E-state index in [9.17, 15) is 9.90 Å². The van der Waals surface area contributed by atoms with Gasteiger partial charge in [0.25, 0.3) is 5.91 Å². The Balaban J connectivity index is 1.71. The van der Waals surface area contributed by atoms with Crippen molar-refractivity contribution in [3.05, 3.63) is 29.0 Å². The van der Waals surface area contributed by atoms with Gasteiger partial charge in [0.2, 0.25) is 5.82 Å². The lowest BCUT2D eigenvalue weighted by Gasteiger charge is -2.35. The Morgan fingerprint density at radius 1 is 1.36 bits per heavy atom. The number of halogens is 1. The van der Waals surface area contributed by atoms with Gasteiger partial charge in [-0.15, -0.1) is 0 Å². The lowest BCUT2D eigenvalue weighted by molar-refractivity contribution is -0.00236. The average Bonchev–Trinajstić information content (AvgIpc) is 3.06. The zero-order valence-electron chi connectivity index (χ0n) is 15.9. The first-order valence-corrected chi connectivity index (χ1v) is 9.77. The smallest absolute Gasteiger partial charge is 0.291 e. The highest BCUT2D eigenvalue weighted by molar-refractivity contribution is 6.31. The number of nitrogens with zero attached hydrogens (tertiary/aromatic N) is 4. The number of carbonyl (C=O) groups excluding carboxylic acids is 1. The Morgan fingerprint density at radius 2 is 2.11 bits per heavy atom. The Bertz CT molecular complexity index is 951. The molecule has 148 valence electrons. The van der Waals surface area contributed by atoms with Crippen molar-refractivity contribution < 1.29 is 9.90 Å². The summed E-state index contributed by atoms with van der Waals surface area (Å²) in [5.41, 5.74) is 6.02. The van der Waals surface area contributed by atoms with Gasteiger partial charge in [-0.1, -0.05) is 11.6 Å². The number of rotatable bonds is 2. The number of benzene rings is 1. The molecule has 1 aromatic heterocycles. The van der Waals surface area contributed by atoms with E-state index < -0.39 is 5.60 Å². The zero-order valence-corrected chi connectivity index (χ0v) is 16.6. The molecule has 1 unspecified atom stereocenters. The molecule has 0 aliphatic carbocycles. The van der Waals surface area contributed by atoms with E-state index in [2.05, 4.69) is 25.8 Å². The highest BCUT2D eigenvalue weighted by Gasteiger charge is 2.31. The number of nitrogens with one attached hydrogen (secondary N) is 2. The van der Waals surface area contributed by atoms with Gasteiger partial charge in [-0.25, -0.2) is 20.4 Å². The van der Waals surface area contributed by atoms with Crippen LogP contribution >= 0.6 is 11.6 Å². The summed E-state index contributed by atoms with van der Waals surface area (Å²) in [6, 6.07) is 5.52. The summed E-state index contributed by atoms with van der Waals surface area (Å²) in [7, 11) is 0. The molecule has 0 saturated carbocycles. The summed E-state index contributed by atoms with van der Waals surface area (Å²) in [6.07, 6.45) is 1.80. The third-order valence-corrected chi connectivity index (χ3v) is 5.40. The molecule has 2 aliphatic rings. The largest absolute Gasteiger partial charge is 0.390 e. The van der Waals surface area contributed by atoms with Crippen LogP contribution in [0.25, 0.3) is 10.9 Å². The predicted octanol–water partition coefficient (Wildman–Crippen LogP) is 2.19. The molecule has 3 N–H and O–H groups in total. The molecule has 9 heteroatoms. The molecule has 2 fully saturated rings. The Morgan fingerprint density at radius 3 is 2.79 bits per heavy atom. The fourth-order valence-electron chi connectivity index (χ4n) is 3.40. The fourth-order valence-corrected chi connectivity index (χ4v) is 3.57. The number of hydrogen-bond acceptors (Lipinski definition) is 6. The number of hydrogen-bond donors (Lipinski definition) is 3. The minimum atomic E-state index is -0.729. The first kappa shape index (κ1) is 19.0. The molecule has 3 heterocycles. The van der Waals surface area contributed by atoms with Gasteiger partial charge in [0, 0.05) is 36.0 Å². The van der Waals surface area contributed by atoms with Crippen molar-refractivity contribution >= 4 is 40.1 Å². The highest BCUT2D eigenvalue weighted by atomic mass is 35.5. The summed E-state index contributed by atoms with van der Waals surface area (Å²) in [5, 5.41) is 11.4. The van der Waals surface area contributed by atoms with Crippen LogP contribution in [0.1, 0.15) is 43.7 Å². The second-order valence-electron chi connectivity index (χ2n) is 7.75. The number of fused-ring (bicyclic) bond motifs is 1. The Hall–Kier alpha value is -2.29. The second kappa shape index (κ2) is 7.27. The average molecular weight is 403 g/mol. The number of aliphatic imine (C=N–C) groups is 1. The molecule has 8 nitrogen and oxygen atoms in total. The lowest BCUT2D eigenvalue weighted by atomic mass is 9.94. The first-order valence-electron chi connectivity index (χ1n) is 9.39. The van der Waals surface area contributed by atoms with Crippen molar-refractivity contribution in [2.75, 3.05) is 13.1 Å². The number of aliphatic hydroxyl groups is 1. The van der Waals surface area contributed by atoms with Crippen LogP contribution in [0.5, 0.6) is 0 Å². The monoisotopic (exact) mass is 402 g/mol. The van der Waals surface area contributed by atoms with E-state index in [4.69, 9.17) is 11.6 Å². The molecule has 1 aromatic carbocycles. The van der Waals surface area contributed by atoms with Crippen LogP contribution in [-0.4, -0.2) is 56.4 Å². The van der Waals surface area contributed by atoms with Gasteiger partial charge < -0.3 is 15.4 Å². The van der Waals surface area contributed by atoms with E-state index in [1.807, 2.05) is 6.92 Å². The van der Waals surface area contributed by atoms with Crippen LogP contribution in [0.4, 0.5) is 5.82 Å². The maximum Gasteiger partial charge on any atom is 0.291 e. The lowest BCUT2D eigenvalue weighted by Crippen LogP contribution is -2.45. The standard InChI is InChI=1S/C19H23ClN6O2/c1-11-9-15(25-24-11)22-16-13-10-12(20)3-4-14(13)21-17(23-16)18(27)26-7-5-19(2,28)6-8-26/h3-4,10-11,24,28H,5-9H2,1-2H3,(H,21,22,23,25). The van der Waals surface area contributed by atoms with Crippen molar-refractivity contribution in [2.45, 2.75) is 44.8 Å². The van der Waals surface area contributed by atoms with Gasteiger partial charge in [0.05, 0.1) is 11.1 Å². The van der Waals surface area contributed by atoms with Crippen LogP contribution < -0.4 is 10.9 Å². The van der Waals surface area contributed by atoms with Gasteiger partial charge >= 0.3 is 0 Å². The van der Waals surface area contributed by atoms with Crippen molar-refractivity contribution in [1.82, 2.24) is 25.7 Å². The van der Waals surface area contributed by atoms with E-state index in [-0.39, 0.29) is 17.8 Å².